The summed E-state index contributed by atoms with van der Waals surface area (Å²) in [5.74, 6) is 0.176. The minimum atomic E-state index is -3.81. The van der Waals surface area contributed by atoms with E-state index in [4.69, 9.17) is 4.42 Å². The van der Waals surface area contributed by atoms with Crippen LogP contribution in [0.1, 0.15) is 11.0 Å². The molecule has 0 radical (unpaired) electrons. The maximum absolute atomic E-state index is 12.8. The van der Waals surface area contributed by atoms with Crippen LogP contribution in [0.25, 0.3) is 0 Å². The topological polar surface area (TPSA) is 96.7 Å². The van der Waals surface area contributed by atoms with Crippen LogP contribution in [0.5, 0.6) is 0 Å². The predicted octanol–water partition coefficient (Wildman–Crippen LogP) is 1.19. The molecular weight excluding hydrogens is 340 g/mol. The van der Waals surface area contributed by atoms with Gasteiger partial charge < -0.3 is 4.42 Å². The van der Waals surface area contributed by atoms with Gasteiger partial charge in [0.2, 0.25) is 0 Å². The highest BCUT2D eigenvalue weighted by atomic mass is 32.2. The lowest BCUT2D eigenvalue weighted by Crippen LogP contribution is -2.39. The molecular formula is C14H18N2O5S2. The highest BCUT2D eigenvalue weighted by Gasteiger charge is 2.32. The Balaban J connectivity index is 2.37. The largest absolute Gasteiger partial charge is 0.468 e. The Kier molecular flexibility index (Phi) is 5.25. The Morgan fingerprint density at radius 3 is 2.22 bits per heavy atom. The zero-order valence-electron chi connectivity index (χ0n) is 12.7. The van der Waals surface area contributed by atoms with E-state index in [9.17, 15) is 16.8 Å². The molecule has 0 amide bonds. The van der Waals surface area contributed by atoms with Crippen LogP contribution >= 0.6 is 0 Å². The first-order valence-corrected chi connectivity index (χ1v) is 9.73. The van der Waals surface area contributed by atoms with E-state index in [0.717, 1.165) is 4.31 Å². The fraction of sp³-hybridized carbons (Fsp3) is 0.286. The van der Waals surface area contributed by atoms with E-state index in [1.165, 1.54) is 38.6 Å². The molecule has 1 N–H and O–H groups in total. The molecule has 1 unspecified atom stereocenters. The van der Waals surface area contributed by atoms with Gasteiger partial charge in [-0.15, -0.1) is 0 Å². The molecule has 1 aromatic carbocycles. The van der Waals surface area contributed by atoms with E-state index < -0.39 is 25.3 Å². The number of benzene rings is 1. The molecule has 0 saturated carbocycles. The van der Waals surface area contributed by atoms with E-state index in [1.807, 2.05) is 0 Å². The molecule has 1 atom stereocenters. The minimum Gasteiger partial charge on any atom is -0.468 e. The number of hydrogen-bond acceptors (Lipinski definition) is 5. The van der Waals surface area contributed by atoms with Gasteiger partial charge in [0.05, 0.1) is 11.2 Å². The van der Waals surface area contributed by atoms with Crippen LogP contribution in [-0.4, -0.2) is 41.8 Å². The molecule has 0 fully saturated rings. The molecule has 1 aromatic heterocycles. The molecule has 9 heteroatoms. The van der Waals surface area contributed by atoms with Crippen molar-refractivity contribution in [2.45, 2.75) is 10.1 Å². The number of hydrogen-bond donors (Lipinski definition) is 1. The Morgan fingerprint density at radius 2 is 1.70 bits per heavy atom. The van der Waals surface area contributed by atoms with Crippen molar-refractivity contribution in [3.63, 3.8) is 0 Å². The van der Waals surface area contributed by atoms with Crippen molar-refractivity contribution in [2.24, 2.45) is 0 Å². The van der Waals surface area contributed by atoms with Gasteiger partial charge in [0, 0.05) is 20.6 Å². The zero-order valence-corrected chi connectivity index (χ0v) is 14.3. The van der Waals surface area contributed by atoms with E-state index in [0.29, 0.717) is 0 Å². The molecule has 0 saturated heterocycles. The third kappa shape index (κ3) is 3.99. The number of furan rings is 1. The summed E-state index contributed by atoms with van der Waals surface area (Å²) < 4.78 is 57.8. The van der Waals surface area contributed by atoms with Gasteiger partial charge in [0.15, 0.2) is 9.84 Å². The third-order valence-corrected chi connectivity index (χ3v) is 6.81. The fourth-order valence-electron chi connectivity index (χ4n) is 1.92. The SMILES string of the molecule is CN(C)S(=O)(=O)NCC(c1ccco1)S(=O)(=O)c1ccccc1. The summed E-state index contributed by atoms with van der Waals surface area (Å²) in [6.45, 7) is -0.328. The Hall–Kier alpha value is -1.68. The minimum absolute atomic E-state index is 0.102. The smallest absolute Gasteiger partial charge is 0.278 e. The van der Waals surface area contributed by atoms with Gasteiger partial charge in [-0.2, -0.15) is 12.7 Å². The van der Waals surface area contributed by atoms with Crippen LogP contribution in [0, 0.1) is 0 Å². The number of nitrogens with one attached hydrogen (secondary N) is 1. The average Bonchev–Trinajstić information content (AvgIpc) is 3.02. The normalized spacial score (nSPS) is 14.0. The van der Waals surface area contributed by atoms with Gasteiger partial charge >= 0.3 is 0 Å². The van der Waals surface area contributed by atoms with Crippen LogP contribution in [0.4, 0.5) is 0 Å². The Morgan fingerprint density at radius 1 is 1.04 bits per heavy atom. The first-order valence-electron chi connectivity index (χ1n) is 6.74. The second-order valence-corrected chi connectivity index (χ2v) is 9.10. The van der Waals surface area contributed by atoms with Gasteiger partial charge in [0.1, 0.15) is 11.0 Å². The first-order chi connectivity index (χ1) is 10.7. The monoisotopic (exact) mass is 358 g/mol. The maximum atomic E-state index is 12.8. The lowest BCUT2D eigenvalue weighted by molar-refractivity contribution is 0.477. The van der Waals surface area contributed by atoms with E-state index >= 15 is 0 Å². The molecule has 0 spiro atoms. The summed E-state index contributed by atoms with van der Waals surface area (Å²) in [6, 6.07) is 10.9. The van der Waals surface area contributed by atoms with Crippen molar-refractivity contribution in [3.05, 3.63) is 54.5 Å². The van der Waals surface area contributed by atoms with Crippen molar-refractivity contribution >= 4 is 20.0 Å². The number of sulfone groups is 1. The highest BCUT2D eigenvalue weighted by Crippen LogP contribution is 2.28. The zero-order chi connectivity index (χ0) is 17.1. The molecule has 23 heavy (non-hydrogen) atoms. The first kappa shape index (κ1) is 17.7. The van der Waals surface area contributed by atoms with Crippen LogP contribution in [-0.2, 0) is 20.0 Å². The van der Waals surface area contributed by atoms with E-state index in [1.54, 1.807) is 24.3 Å². The van der Waals surface area contributed by atoms with Crippen molar-refractivity contribution in [2.75, 3.05) is 20.6 Å². The van der Waals surface area contributed by atoms with Gasteiger partial charge in [-0.1, -0.05) is 18.2 Å². The highest BCUT2D eigenvalue weighted by molar-refractivity contribution is 7.91. The fourth-order valence-corrected chi connectivity index (χ4v) is 4.27. The molecule has 0 aliphatic rings. The second-order valence-electron chi connectivity index (χ2n) is 5.00. The number of rotatable bonds is 7. The lowest BCUT2D eigenvalue weighted by atomic mass is 10.3. The van der Waals surface area contributed by atoms with Crippen molar-refractivity contribution in [3.8, 4) is 0 Å². The van der Waals surface area contributed by atoms with Gasteiger partial charge in [-0.25, -0.2) is 13.1 Å². The summed E-state index contributed by atoms with van der Waals surface area (Å²) in [5, 5.41) is -1.16. The maximum Gasteiger partial charge on any atom is 0.278 e. The lowest BCUT2D eigenvalue weighted by Gasteiger charge is -2.18. The summed E-state index contributed by atoms with van der Waals surface area (Å²) in [5.41, 5.74) is 0. The average molecular weight is 358 g/mol. The molecule has 2 rings (SSSR count). The van der Waals surface area contributed by atoms with E-state index in [-0.39, 0.29) is 17.2 Å². The molecule has 0 aliphatic heterocycles. The summed E-state index contributed by atoms with van der Waals surface area (Å²) in [7, 11) is -4.85. The molecule has 126 valence electrons. The molecule has 1 heterocycles. The molecule has 7 nitrogen and oxygen atoms in total. The Bertz CT molecular complexity index is 829. The summed E-state index contributed by atoms with van der Waals surface area (Å²) in [6.07, 6.45) is 1.35. The Labute approximate surface area is 136 Å². The summed E-state index contributed by atoms with van der Waals surface area (Å²) in [4.78, 5) is 0.102. The van der Waals surface area contributed by atoms with Crippen LogP contribution in [0.2, 0.25) is 0 Å². The van der Waals surface area contributed by atoms with Crippen molar-refractivity contribution in [1.29, 1.82) is 0 Å². The van der Waals surface area contributed by atoms with Gasteiger partial charge in [-0.05, 0) is 24.3 Å². The van der Waals surface area contributed by atoms with Crippen LogP contribution < -0.4 is 4.72 Å². The quantitative estimate of drug-likeness (QED) is 0.802. The van der Waals surface area contributed by atoms with Crippen molar-refractivity contribution in [1.82, 2.24) is 9.03 Å². The predicted molar refractivity (Wildman–Crippen MR) is 85.7 cm³/mol. The standard InChI is InChI=1S/C14H18N2O5S2/c1-16(2)23(19,20)15-11-14(13-9-6-10-21-13)22(17,18)12-7-4-3-5-8-12/h3-10,14-15H,11H2,1-2H3. The van der Waals surface area contributed by atoms with Crippen LogP contribution in [0.15, 0.2) is 58.0 Å². The van der Waals surface area contributed by atoms with Gasteiger partial charge in [-0.3, -0.25) is 0 Å². The third-order valence-electron chi connectivity index (χ3n) is 3.24. The molecule has 0 bridgehead atoms. The molecule has 2 aromatic rings. The van der Waals surface area contributed by atoms with Gasteiger partial charge in [0.25, 0.3) is 10.2 Å². The van der Waals surface area contributed by atoms with Crippen LogP contribution in [0.3, 0.4) is 0 Å². The number of nitrogens with zero attached hydrogens (tertiary/aromatic N) is 1. The molecule has 0 aliphatic carbocycles. The van der Waals surface area contributed by atoms with Crippen molar-refractivity contribution < 1.29 is 21.3 Å². The second kappa shape index (κ2) is 6.83. The summed E-state index contributed by atoms with van der Waals surface area (Å²) >= 11 is 0. The van der Waals surface area contributed by atoms with E-state index in [2.05, 4.69) is 4.72 Å².